The zero-order valence-electron chi connectivity index (χ0n) is 14.6. The van der Waals surface area contributed by atoms with Crippen LogP contribution in [0.2, 0.25) is 0 Å². The van der Waals surface area contributed by atoms with Crippen molar-refractivity contribution in [1.29, 1.82) is 0 Å². The van der Waals surface area contributed by atoms with E-state index in [-0.39, 0.29) is 23.2 Å². The van der Waals surface area contributed by atoms with Crippen molar-refractivity contribution in [3.63, 3.8) is 0 Å². The first kappa shape index (κ1) is 17.0. The van der Waals surface area contributed by atoms with Crippen molar-refractivity contribution in [2.75, 3.05) is 11.5 Å². The molecule has 136 valence electrons. The number of fused-ring (bicyclic) bond motifs is 2. The third-order valence-corrected chi connectivity index (χ3v) is 4.69. The van der Waals surface area contributed by atoms with E-state index in [0.29, 0.717) is 10.8 Å². The molecule has 7 heteroatoms. The van der Waals surface area contributed by atoms with Crippen molar-refractivity contribution >= 4 is 28.3 Å². The Labute approximate surface area is 154 Å². The molecule has 4 rings (SSSR count). The maximum absolute atomic E-state index is 12.6. The third kappa shape index (κ3) is 2.97. The van der Waals surface area contributed by atoms with Crippen LogP contribution in [0.15, 0.2) is 53.3 Å². The van der Waals surface area contributed by atoms with Gasteiger partial charge in [0.1, 0.15) is 0 Å². The quantitative estimate of drug-likeness (QED) is 0.719. The Morgan fingerprint density at radius 1 is 1.15 bits per heavy atom. The molecule has 0 unspecified atom stereocenters. The third-order valence-electron chi connectivity index (χ3n) is 4.69. The standard InChI is InChI=1S/C20H17N3O4/c1-12-10-13-6-2-5-9-16(13)23(12)17(24)11-27-20(26)18-14-7-3-4-8-15(14)19(25)22-21-18/h2-9,12H,10-11H2,1H3,(H,22,25)/t12-/m1/s1. The number of esters is 1. The molecule has 1 aliphatic heterocycles. The van der Waals surface area contributed by atoms with Crippen LogP contribution in [0.3, 0.4) is 0 Å². The van der Waals surface area contributed by atoms with Gasteiger partial charge in [-0.15, -0.1) is 0 Å². The zero-order chi connectivity index (χ0) is 19.0. The lowest BCUT2D eigenvalue weighted by Crippen LogP contribution is -2.38. The summed E-state index contributed by atoms with van der Waals surface area (Å²) in [5.74, 6) is -1.05. The maximum atomic E-state index is 12.6. The highest BCUT2D eigenvalue weighted by atomic mass is 16.5. The number of ether oxygens (including phenoxy) is 1. The molecule has 0 aliphatic carbocycles. The molecule has 1 aliphatic rings. The molecule has 1 aromatic heterocycles. The van der Waals surface area contributed by atoms with Gasteiger partial charge in [-0.25, -0.2) is 9.89 Å². The van der Waals surface area contributed by atoms with Gasteiger partial charge in [-0.3, -0.25) is 9.59 Å². The highest BCUT2D eigenvalue weighted by molar-refractivity contribution is 6.03. The van der Waals surface area contributed by atoms with Crippen molar-refractivity contribution < 1.29 is 14.3 Å². The minimum Gasteiger partial charge on any atom is -0.451 e. The Balaban J connectivity index is 1.53. The minimum atomic E-state index is -0.754. The number of aromatic amines is 1. The fourth-order valence-corrected chi connectivity index (χ4v) is 3.48. The number of aromatic nitrogens is 2. The highest BCUT2D eigenvalue weighted by Crippen LogP contribution is 2.31. The number of H-pyrrole nitrogens is 1. The van der Waals surface area contributed by atoms with E-state index in [0.717, 1.165) is 17.7 Å². The number of carbonyl (C=O) groups is 2. The van der Waals surface area contributed by atoms with Gasteiger partial charge in [-0.2, -0.15) is 5.10 Å². The van der Waals surface area contributed by atoms with E-state index in [4.69, 9.17) is 4.74 Å². The average Bonchev–Trinajstić information content (AvgIpc) is 3.02. The molecule has 1 amide bonds. The van der Waals surface area contributed by atoms with Gasteiger partial charge in [-0.05, 0) is 31.0 Å². The summed E-state index contributed by atoms with van der Waals surface area (Å²) >= 11 is 0. The highest BCUT2D eigenvalue weighted by Gasteiger charge is 2.31. The summed E-state index contributed by atoms with van der Waals surface area (Å²) in [6.07, 6.45) is 0.766. The van der Waals surface area contributed by atoms with Gasteiger partial charge in [0.2, 0.25) is 0 Å². The van der Waals surface area contributed by atoms with E-state index in [1.54, 1.807) is 29.2 Å². The van der Waals surface area contributed by atoms with Crippen molar-refractivity contribution in [3.8, 4) is 0 Å². The average molecular weight is 363 g/mol. The van der Waals surface area contributed by atoms with Gasteiger partial charge in [0.25, 0.3) is 11.5 Å². The van der Waals surface area contributed by atoms with E-state index in [9.17, 15) is 14.4 Å². The summed E-state index contributed by atoms with van der Waals surface area (Å²) in [6.45, 7) is 1.56. The van der Waals surface area contributed by atoms with Crippen LogP contribution in [0.25, 0.3) is 10.8 Å². The number of nitrogens with one attached hydrogen (secondary N) is 1. The van der Waals surface area contributed by atoms with Crippen molar-refractivity contribution in [3.05, 3.63) is 70.1 Å². The van der Waals surface area contributed by atoms with E-state index >= 15 is 0 Å². The van der Waals surface area contributed by atoms with Crippen molar-refractivity contribution in [2.24, 2.45) is 0 Å². The van der Waals surface area contributed by atoms with E-state index < -0.39 is 12.6 Å². The lowest BCUT2D eigenvalue weighted by molar-refractivity contribution is -0.122. The molecular weight excluding hydrogens is 346 g/mol. The molecule has 2 aromatic carbocycles. The Morgan fingerprint density at radius 3 is 2.67 bits per heavy atom. The lowest BCUT2D eigenvalue weighted by Gasteiger charge is -2.22. The van der Waals surface area contributed by atoms with Crippen molar-refractivity contribution in [2.45, 2.75) is 19.4 Å². The molecule has 0 saturated heterocycles. The van der Waals surface area contributed by atoms with Crippen LogP contribution < -0.4 is 10.5 Å². The predicted octanol–water partition coefficient (Wildman–Crippen LogP) is 2.06. The monoisotopic (exact) mass is 363 g/mol. The van der Waals surface area contributed by atoms with Crippen LogP contribution in [0, 0.1) is 0 Å². The molecule has 0 radical (unpaired) electrons. The summed E-state index contributed by atoms with van der Waals surface area (Å²) in [5.41, 5.74) is 1.53. The molecule has 1 atom stereocenters. The van der Waals surface area contributed by atoms with Gasteiger partial charge in [0, 0.05) is 17.1 Å². The van der Waals surface area contributed by atoms with Crippen LogP contribution in [0.1, 0.15) is 23.0 Å². The van der Waals surface area contributed by atoms with Crippen LogP contribution >= 0.6 is 0 Å². The molecule has 1 N–H and O–H groups in total. The number of nitrogens with zero attached hydrogens (tertiary/aromatic N) is 2. The topological polar surface area (TPSA) is 92.4 Å². The molecule has 27 heavy (non-hydrogen) atoms. The van der Waals surface area contributed by atoms with Gasteiger partial charge >= 0.3 is 5.97 Å². The summed E-state index contributed by atoms with van der Waals surface area (Å²) in [7, 11) is 0. The maximum Gasteiger partial charge on any atom is 0.359 e. The summed E-state index contributed by atoms with van der Waals surface area (Å²) in [6, 6.07) is 14.3. The smallest absolute Gasteiger partial charge is 0.359 e. The van der Waals surface area contributed by atoms with Crippen LogP contribution in [0.4, 0.5) is 5.69 Å². The van der Waals surface area contributed by atoms with E-state index in [1.807, 2.05) is 31.2 Å². The second-order valence-corrected chi connectivity index (χ2v) is 6.47. The number of carbonyl (C=O) groups excluding carboxylic acids is 2. The summed E-state index contributed by atoms with van der Waals surface area (Å²) in [4.78, 5) is 38.6. The lowest BCUT2D eigenvalue weighted by atomic mass is 10.1. The second kappa shape index (κ2) is 6.68. The van der Waals surface area contributed by atoms with Crippen molar-refractivity contribution in [1.82, 2.24) is 10.2 Å². The molecular formula is C20H17N3O4. The fraction of sp³-hybridized carbons (Fsp3) is 0.200. The number of anilines is 1. The molecule has 0 spiro atoms. The molecule has 0 fully saturated rings. The Morgan fingerprint density at radius 2 is 1.85 bits per heavy atom. The van der Waals surface area contributed by atoms with Crippen LogP contribution in [-0.2, 0) is 16.0 Å². The summed E-state index contributed by atoms with van der Waals surface area (Å²) < 4.78 is 5.20. The van der Waals surface area contributed by atoms with Crippen LogP contribution in [-0.4, -0.2) is 34.7 Å². The van der Waals surface area contributed by atoms with Gasteiger partial charge < -0.3 is 9.64 Å². The first-order chi connectivity index (χ1) is 13.1. The summed E-state index contributed by atoms with van der Waals surface area (Å²) in [5, 5.41) is 6.81. The Kier molecular flexibility index (Phi) is 4.19. The fourth-order valence-electron chi connectivity index (χ4n) is 3.48. The van der Waals surface area contributed by atoms with Gasteiger partial charge in [-0.1, -0.05) is 36.4 Å². The Bertz CT molecular complexity index is 1110. The number of hydrogen-bond donors (Lipinski definition) is 1. The van der Waals surface area contributed by atoms with E-state index in [2.05, 4.69) is 10.2 Å². The van der Waals surface area contributed by atoms with Gasteiger partial charge in [0.15, 0.2) is 12.3 Å². The normalized spacial score (nSPS) is 15.6. The number of hydrogen-bond acceptors (Lipinski definition) is 5. The first-order valence-electron chi connectivity index (χ1n) is 8.61. The zero-order valence-corrected chi connectivity index (χ0v) is 14.6. The number of benzene rings is 2. The molecule has 2 heterocycles. The molecule has 0 saturated carbocycles. The number of para-hydroxylation sites is 1. The Hall–Kier alpha value is -3.48. The first-order valence-corrected chi connectivity index (χ1v) is 8.61. The number of rotatable bonds is 3. The SMILES string of the molecule is C[C@@H]1Cc2ccccc2N1C(=O)COC(=O)c1n[nH]c(=O)c2ccccc12. The molecule has 0 bridgehead atoms. The molecule has 7 nitrogen and oxygen atoms in total. The largest absolute Gasteiger partial charge is 0.451 e. The van der Waals surface area contributed by atoms with Crippen LogP contribution in [0.5, 0.6) is 0 Å². The van der Waals surface area contributed by atoms with E-state index in [1.165, 1.54) is 0 Å². The van der Waals surface area contributed by atoms with Gasteiger partial charge in [0.05, 0.1) is 5.39 Å². The minimum absolute atomic E-state index is 0.000590. The second-order valence-electron chi connectivity index (χ2n) is 6.47. The predicted molar refractivity (Wildman–Crippen MR) is 99.7 cm³/mol. The number of amides is 1. The molecule has 3 aromatic rings.